The van der Waals surface area contributed by atoms with Gasteiger partial charge in [-0.2, -0.15) is 0 Å². The van der Waals surface area contributed by atoms with E-state index in [-0.39, 0.29) is 36.3 Å². The standard InChI is InChI=1S/C22H40N4O3.C4H10/c1-15(2)12-19-22(29)26(11-8-23-19)14-21(28)25-9-6-18(7-10-25)13-20(27)24-17(5)16(3)4;1-4(2)3/h15-19,23H,6-14H2,1-5H3,(H,24,27);4H,1-3H3. The lowest BCUT2D eigenvalue weighted by molar-refractivity contribution is -0.144. The van der Waals surface area contributed by atoms with Gasteiger partial charge in [-0.25, -0.2) is 0 Å². The smallest absolute Gasteiger partial charge is 0.242 e. The Balaban J connectivity index is 0.00000125. The second-order valence-corrected chi connectivity index (χ2v) is 11.3. The Morgan fingerprint density at radius 3 is 2.09 bits per heavy atom. The molecule has 0 radical (unpaired) electrons. The van der Waals surface area contributed by atoms with Gasteiger partial charge < -0.3 is 20.4 Å². The van der Waals surface area contributed by atoms with E-state index in [1.807, 2.05) is 11.8 Å². The largest absolute Gasteiger partial charge is 0.353 e. The van der Waals surface area contributed by atoms with Crippen LogP contribution in [0.3, 0.4) is 0 Å². The summed E-state index contributed by atoms with van der Waals surface area (Å²) in [5, 5.41) is 6.34. The number of piperidine rings is 1. The van der Waals surface area contributed by atoms with Crippen LogP contribution < -0.4 is 10.6 Å². The van der Waals surface area contributed by atoms with E-state index in [1.54, 1.807) is 4.90 Å². The van der Waals surface area contributed by atoms with Crippen molar-refractivity contribution in [2.75, 3.05) is 32.7 Å². The quantitative estimate of drug-likeness (QED) is 0.575. The summed E-state index contributed by atoms with van der Waals surface area (Å²) in [6.07, 6.45) is 3.03. The van der Waals surface area contributed by atoms with Gasteiger partial charge in [-0.3, -0.25) is 14.4 Å². The molecule has 0 aromatic carbocycles. The van der Waals surface area contributed by atoms with Crippen LogP contribution in [0.1, 0.15) is 81.1 Å². The maximum atomic E-state index is 12.7. The molecule has 2 unspecified atom stereocenters. The Morgan fingerprint density at radius 2 is 1.58 bits per heavy atom. The Morgan fingerprint density at radius 1 is 1.00 bits per heavy atom. The van der Waals surface area contributed by atoms with E-state index in [1.165, 1.54) is 0 Å². The van der Waals surface area contributed by atoms with Crippen LogP contribution in [0.15, 0.2) is 0 Å². The summed E-state index contributed by atoms with van der Waals surface area (Å²) in [6, 6.07) is 0.00860. The van der Waals surface area contributed by atoms with Crippen molar-refractivity contribution in [1.29, 1.82) is 0 Å². The Kier molecular flexibility index (Phi) is 13.0. The van der Waals surface area contributed by atoms with Crippen molar-refractivity contribution in [1.82, 2.24) is 20.4 Å². The van der Waals surface area contributed by atoms with Crippen LogP contribution in [-0.2, 0) is 14.4 Å². The Labute approximate surface area is 202 Å². The highest BCUT2D eigenvalue weighted by Gasteiger charge is 2.32. The third-order valence-electron chi connectivity index (χ3n) is 6.25. The number of likely N-dealkylation sites (tertiary alicyclic amines) is 1. The van der Waals surface area contributed by atoms with Gasteiger partial charge in [0.25, 0.3) is 0 Å². The molecule has 2 fully saturated rings. The number of piperazine rings is 1. The van der Waals surface area contributed by atoms with E-state index >= 15 is 0 Å². The first-order valence-electron chi connectivity index (χ1n) is 13.0. The fourth-order valence-corrected chi connectivity index (χ4v) is 4.00. The fourth-order valence-electron chi connectivity index (χ4n) is 4.00. The van der Waals surface area contributed by atoms with Crippen LogP contribution in [0, 0.1) is 23.7 Å². The maximum absolute atomic E-state index is 12.7. The summed E-state index contributed by atoms with van der Waals surface area (Å²) in [7, 11) is 0. The van der Waals surface area contributed by atoms with E-state index in [4.69, 9.17) is 0 Å². The van der Waals surface area contributed by atoms with Crippen LogP contribution in [0.25, 0.3) is 0 Å². The summed E-state index contributed by atoms with van der Waals surface area (Å²) in [5.41, 5.74) is 0. The van der Waals surface area contributed by atoms with E-state index < -0.39 is 0 Å². The van der Waals surface area contributed by atoms with Gasteiger partial charge in [-0.15, -0.1) is 0 Å². The minimum absolute atomic E-state index is 0.0277. The Bertz CT molecular complexity index is 610. The van der Waals surface area contributed by atoms with Crippen molar-refractivity contribution < 1.29 is 14.4 Å². The molecule has 2 heterocycles. The number of nitrogens with zero attached hydrogens (tertiary/aromatic N) is 2. The lowest BCUT2D eigenvalue weighted by Gasteiger charge is -2.36. The molecule has 2 saturated heterocycles. The number of carbonyl (C=O) groups is 3. The first-order chi connectivity index (χ1) is 15.4. The average Bonchev–Trinajstić information content (AvgIpc) is 2.70. The molecule has 2 rings (SSSR count). The normalized spacial score (nSPS) is 20.7. The molecular formula is C26H50N4O3. The molecule has 0 aromatic heterocycles. The zero-order valence-corrected chi connectivity index (χ0v) is 22.4. The van der Waals surface area contributed by atoms with Crippen LogP contribution >= 0.6 is 0 Å². The lowest BCUT2D eigenvalue weighted by atomic mass is 9.92. The first-order valence-corrected chi connectivity index (χ1v) is 13.0. The van der Waals surface area contributed by atoms with Crippen molar-refractivity contribution in [3.63, 3.8) is 0 Å². The molecule has 7 heteroatoms. The number of amides is 3. The molecule has 0 spiro atoms. The molecule has 0 aromatic rings. The second kappa shape index (κ2) is 14.6. The predicted molar refractivity (Wildman–Crippen MR) is 135 cm³/mol. The van der Waals surface area contributed by atoms with Gasteiger partial charge in [0, 0.05) is 38.6 Å². The van der Waals surface area contributed by atoms with Gasteiger partial charge in [0.05, 0.1) is 12.6 Å². The molecule has 0 bridgehead atoms. The highest BCUT2D eigenvalue weighted by Crippen LogP contribution is 2.21. The highest BCUT2D eigenvalue weighted by molar-refractivity contribution is 5.88. The van der Waals surface area contributed by atoms with Gasteiger partial charge in [0.15, 0.2) is 0 Å². The molecule has 3 amide bonds. The zero-order chi connectivity index (χ0) is 25.1. The average molecular weight is 467 g/mol. The maximum Gasteiger partial charge on any atom is 0.242 e. The van der Waals surface area contributed by atoms with Crippen LogP contribution in [0.4, 0.5) is 0 Å². The number of carbonyl (C=O) groups excluding carboxylic acids is 3. The number of rotatable bonds is 8. The summed E-state index contributed by atoms with van der Waals surface area (Å²) >= 11 is 0. The van der Waals surface area contributed by atoms with Gasteiger partial charge in [0.2, 0.25) is 17.7 Å². The summed E-state index contributed by atoms with van der Waals surface area (Å²) in [6.45, 7) is 19.8. The number of nitrogens with one attached hydrogen (secondary N) is 2. The molecule has 0 aliphatic carbocycles. The fraction of sp³-hybridized carbons (Fsp3) is 0.885. The molecule has 33 heavy (non-hydrogen) atoms. The van der Waals surface area contributed by atoms with Crippen molar-refractivity contribution >= 4 is 17.7 Å². The monoisotopic (exact) mass is 466 g/mol. The van der Waals surface area contributed by atoms with Crippen molar-refractivity contribution in [3.05, 3.63) is 0 Å². The van der Waals surface area contributed by atoms with Crippen LogP contribution in [0.2, 0.25) is 0 Å². The lowest BCUT2D eigenvalue weighted by Crippen LogP contribution is -2.57. The van der Waals surface area contributed by atoms with Crippen LogP contribution in [-0.4, -0.2) is 72.3 Å². The second-order valence-electron chi connectivity index (χ2n) is 11.3. The molecule has 192 valence electrons. The number of hydrogen-bond acceptors (Lipinski definition) is 4. The van der Waals surface area contributed by atoms with Crippen molar-refractivity contribution in [2.45, 2.75) is 93.2 Å². The third kappa shape index (κ3) is 11.4. The molecular weight excluding hydrogens is 416 g/mol. The first kappa shape index (κ1) is 29.4. The zero-order valence-electron chi connectivity index (χ0n) is 22.4. The molecule has 7 nitrogen and oxygen atoms in total. The molecule has 2 atom stereocenters. The van der Waals surface area contributed by atoms with Crippen molar-refractivity contribution in [2.24, 2.45) is 23.7 Å². The molecule has 2 aliphatic heterocycles. The minimum atomic E-state index is -0.172. The predicted octanol–water partition coefficient (Wildman–Crippen LogP) is 3.28. The van der Waals surface area contributed by atoms with E-state index in [9.17, 15) is 14.4 Å². The minimum Gasteiger partial charge on any atom is -0.353 e. The molecule has 2 N–H and O–H groups in total. The van der Waals surface area contributed by atoms with Crippen molar-refractivity contribution in [3.8, 4) is 0 Å². The van der Waals surface area contributed by atoms with Gasteiger partial charge in [-0.05, 0) is 49.9 Å². The van der Waals surface area contributed by atoms with Gasteiger partial charge >= 0.3 is 0 Å². The topological polar surface area (TPSA) is 81.8 Å². The molecule has 2 aliphatic rings. The van der Waals surface area contributed by atoms with Gasteiger partial charge in [-0.1, -0.05) is 48.5 Å². The SMILES string of the molecule is CC(C)C.CC(C)CC1NCCN(CC(=O)N2CCC(CC(=O)NC(C)C(C)C)CC2)C1=O. The van der Waals surface area contributed by atoms with E-state index in [2.05, 4.69) is 59.1 Å². The third-order valence-corrected chi connectivity index (χ3v) is 6.25. The molecule has 0 saturated carbocycles. The van der Waals surface area contributed by atoms with Crippen LogP contribution in [0.5, 0.6) is 0 Å². The Hall–Kier alpha value is -1.63. The van der Waals surface area contributed by atoms with E-state index in [0.717, 1.165) is 31.7 Å². The van der Waals surface area contributed by atoms with Gasteiger partial charge in [0.1, 0.15) is 0 Å². The van der Waals surface area contributed by atoms with E-state index in [0.29, 0.717) is 43.8 Å². The number of hydrogen-bond donors (Lipinski definition) is 2. The summed E-state index contributed by atoms with van der Waals surface area (Å²) in [5.74, 6) is 2.20. The highest BCUT2D eigenvalue weighted by atomic mass is 16.2. The summed E-state index contributed by atoms with van der Waals surface area (Å²) in [4.78, 5) is 41.1. The summed E-state index contributed by atoms with van der Waals surface area (Å²) < 4.78 is 0.